The molecule has 0 unspecified atom stereocenters. The van der Waals surface area contributed by atoms with Crippen LogP contribution in [0.4, 0.5) is 0 Å². The second-order valence-corrected chi connectivity index (χ2v) is 8.62. The van der Waals surface area contributed by atoms with Crippen LogP contribution in [0.15, 0.2) is 48.5 Å². The van der Waals surface area contributed by atoms with Gasteiger partial charge in [0.25, 0.3) is 0 Å². The molecule has 0 radical (unpaired) electrons. The number of hydrogen-bond acceptors (Lipinski definition) is 6. The summed E-state index contributed by atoms with van der Waals surface area (Å²) in [7, 11) is -8.57. The molecule has 0 saturated carbocycles. The Morgan fingerprint density at radius 1 is 0.500 bits per heavy atom. The van der Waals surface area contributed by atoms with Crippen molar-refractivity contribution in [1.82, 2.24) is 0 Å². The minimum Gasteiger partial charge on any atom is -0.386 e. The summed E-state index contributed by atoms with van der Waals surface area (Å²) in [6.07, 6.45) is 0. The maximum atomic E-state index is 9.14. The molecular weight excluding hydrogens is 344 g/mol. The van der Waals surface area contributed by atoms with Crippen LogP contribution < -0.4 is 10.4 Å². The minimum absolute atomic E-state index is 0.0653. The van der Waals surface area contributed by atoms with Crippen LogP contribution in [-0.2, 0) is 0 Å². The van der Waals surface area contributed by atoms with Crippen molar-refractivity contribution in [2.45, 2.75) is 0 Å². The van der Waals surface area contributed by atoms with E-state index in [1.54, 1.807) is 0 Å². The maximum Gasteiger partial charge on any atom is 0.528 e. The molecule has 0 spiro atoms. The van der Waals surface area contributed by atoms with Crippen LogP contribution in [0, 0.1) is 23.7 Å². The number of benzene rings is 2. The van der Waals surface area contributed by atoms with E-state index >= 15 is 0 Å². The zero-order chi connectivity index (χ0) is 17.8. The monoisotopic (exact) mass is 358 g/mol. The van der Waals surface area contributed by atoms with Crippen molar-refractivity contribution in [2.75, 3.05) is 0 Å². The fraction of sp³-hybridized carbons (Fsp3) is 0. The second-order valence-electron chi connectivity index (χ2n) is 4.93. The zero-order valence-corrected chi connectivity index (χ0v) is 14.3. The van der Waals surface area contributed by atoms with Crippen molar-refractivity contribution in [3.63, 3.8) is 0 Å². The predicted octanol–water partition coefficient (Wildman–Crippen LogP) is -2.66. The van der Waals surface area contributed by atoms with E-state index in [-0.39, 0.29) is 10.4 Å². The van der Waals surface area contributed by atoms with Crippen molar-refractivity contribution in [2.24, 2.45) is 0 Å². The summed E-state index contributed by atoms with van der Waals surface area (Å²) in [4.78, 5) is 54.8. The lowest BCUT2D eigenvalue weighted by Gasteiger charge is -2.08. The van der Waals surface area contributed by atoms with Crippen molar-refractivity contribution >= 4 is 28.0 Å². The van der Waals surface area contributed by atoms with E-state index in [4.69, 9.17) is 28.8 Å². The van der Waals surface area contributed by atoms with Crippen LogP contribution in [-0.4, -0.2) is 46.4 Å². The van der Waals surface area contributed by atoms with Crippen LogP contribution in [0.1, 0.15) is 11.1 Å². The zero-order valence-electron chi connectivity index (χ0n) is 12.3. The summed E-state index contributed by atoms with van der Waals surface area (Å²) in [5.74, 6) is 10.8. The summed E-state index contributed by atoms with van der Waals surface area (Å²) < 4.78 is 0. The molecule has 6 N–H and O–H groups in total. The van der Waals surface area contributed by atoms with Crippen molar-refractivity contribution < 1.29 is 28.8 Å². The van der Waals surface area contributed by atoms with Gasteiger partial charge in [0, 0.05) is 21.5 Å². The third-order valence-corrected chi connectivity index (χ3v) is 5.24. The van der Waals surface area contributed by atoms with Crippen LogP contribution in [0.3, 0.4) is 0 Å². The molecule has 0 atom stereocenters. The van der Waals surface area contributed by atoms with Gasteiger partial charge in [-0.2, -0.15) is 0 Å². The molecule has 2 aromatic carbocycles. The van der Waals surface area contributed by atoms with Crippen LogP contribution in [0.5, 0.6) is 0 Å². The Bertz CT molecular complexity index is 752. The average molecular weight is 358 g/mol. The lowest BCUT2D eigenvalue weighted by molar-refractivity contribution is 0.248. The van der Waals surface area contributed by atoms with Gasteiger partial charge in [-0.15, -0.1) is 0 Å². The van der Waals surface area contributed by atoms with Gasteiger partial charge in [-0.1, -0.05) is 36.1 Å². The molecule has 2 aromatic rings. The Hall–Kier alpha value is -2.25. The fourth-order valence-corrected chi connectivity index (χ4v) is 2.99. The van der Waals surface area contributed by atoms with E-state index in [1.807, 2.05) is 0 Å². The van der Waals surface area contributed by atoms with Crippen LogP contribution >= 0.6 is 0 Å². The Balaban J connectivity index is 2.07. The van der Waals surface area contributed by atoms with Gasteiger partial charge in [0.1, 0.15) is 0 Å². The first-order valence-electron chi connectivity index (χ1n) is 6.73. The molecule has 2 rings (SSSR count). The molecule has 0 aromatic heterocycles. The molecule has 0 aliphatic carbocycles. The van der Waals surface area contributed by atoms with Gasteiger partial charge in [0.15, 0.2) is 0 Å². The van der Waals surface area contributed by atoms with Gasteiger partial charge in [-0.05, 0) is 36.1 Å². The van der Waals surface area contributed by atoms with Gasteiger partial charge >= 0.3 is 17.6 Å². The molecule has 24 heavy (non-hydrogen) atoms. The SMILES string of the molecule is O[Si](O)(O)c1ccc(C#CC#Cc2ccc([Si](O)(O)O)cc2)cc1. The van der Waals surface area contributed by atoms with E-state index in [0.717, 1.165) is 0 Å². The van der Waals surface area contributed by atoms with Crippen molar-refractivity contribution in [1.29, 1.82) is 0 Å². The molecule has 0 aliphatic rings. The first-order chi connectivity index (χ1) is 11.2. The van der Waals surface area contributed by atoms with Gasteiger partial charge in [0.2, 0.25) is 0 Å². The highest BCUT2D eigenvalue weighted by atomic mass is 28.4. The first-order valence-corrected chi connectivity index (χ1v) is 10.4. The van der Waals surface area contributed by atoms with Gasteiger partial charge in [-0.25, -0.2) is 0 Å². The quantitative estimate of drug-likeness (QED) is 0.257. The Kier molecular flexibility index (Phi) is 5.36. The topological polar surface area (TPSA) is 121 Å². The van der Waals surface area contributed by atoms with Gasteiger partial charge in [-0.3, -0.25) is 0 Å². The summed E-state index contributed by atoms with van der Waals surface area (Å²) in [6, 6.07) is 11.7. The van der Waals surface area contributed by atoms with Gasteiger partial charge in [0.05, 0.1) is 0 Å². The molecule has 0 bridgehead atoms. The second kappa shape index (κ2) is 7.11. The molecule has 0 fully saturated rings. The summed E-state index contributed by atoms with van der Waals surface area (Å²) in [6.45, 7) is 0. The lowest BCUT2D eigenvalue weighted by Crippen LogP contribution is -2.48. The summed E-state index contributed by atoms with van der Waals surface area (Å²) in [5, 5.41) is 0.131. The maximum absolute atomic E-state index is 9.14. The summed E-state index contributed by atoms with van der Waals surface area (Å²) in [5.41, 5.74) is 1.19. The van der Waals surface area contributed by atoms with Crippen molar-refractivity contribution in [3.05, 3.63) is 59.7 Å². The Morgan fingerprint density at radius 2 is 0.792 bits per heavy atom. The Morgan fingerprint density at radius 3 is 1.04 bits per heavy atom. The fourth-order valence-electron chi connectivity index (χ4n) is 1.76. The largest absolute Gasteiger partial charge is 0.528 e. The molecule has 0 aliphatic heterocycles. The first kappa shape index (κ1) is 18.1. The third kappa shape index (κ3) is 5.14. The molecular formula is C16H14O6Si2. The van der Waals surface area contributed by atoms with Crippen LogP contribution in [0.2, 0.25) is 0 Å². The highest BCUT2D eigenvalue weighted by Crippen LogP contribution is 1.99. The minimum atomic E-state index is -4.28. The van der Waals surface area contributed by atoms with Gasteiger partial charge < -0.3 is 28.8 Å². The van der Waals surface area contributed by atoms with E-state index in [0.29, 0.717) is 11.1 Å². The molecule has 0 saturated heterocycles. The highest BCUT2D eigenvalue weighted by Gasteiger charge is 2.30. The lowest BCUT2D eigenvalue weighted by atomic mass is 10.2. The molecule has 6 nitrogen and oxygen atoms in total. The number of rotatable bonds is 2. The average Bonchev–Trinajstić information content (AvgIpc) is 2.51. The Labute approximate surface area is 140 Å². The standard InChI is InChI=1S/C16H14O6Si2/c17-23(18,19)15-9-5-13(6-10-15)3-1-2-4-14-7-11-16(12-8-14)24(20,21)22/h5-12,17-22H. The summed E-state index contributed by atoms with van der Waals surface area (Å²) >= 11 is 0. The van der Waals surface area contributed by atoms with E-state index < -0.39 is 17.6 Å². The molecule has 0 amide bonds. The van der Waals surface area contributed by atoms with E-state index in [9.17, 15) is 0 Å². The third-order valence-electron chi connectivity index (χ3n) is 3.02. The van der Waals surface area contributed by atoms with E-state index in [1.165, 1.54) is 48.5 Å². The predicted molar refractivity (Wildman–Crippen MR) is 90.7 cm³/mol. The van der Waals surface area contributed by atoms with E-state index in [2.05, 4.69) is 23.7 Å². The normalized spacial score (nSPS) is 11.1. The molecule has 122 valence electrons. The molecule has 8 heteroatoms. The molecule has 0 heterocycles. The van der Waals surface area contributed by atoms with Crippen molar-refractivity contribution in [3.8, 4) is 23.7 Å². The van der Waals surface area contributed by atoms with Crippen LogP contribution in [0.25, 0.3) is 0 Å². The number of hydrogen-bond donors (Lipinski definition) is 6. The highest BCUT2D eigenvalue weighted by molar-refractivity contribution is 6.72. The smallest absolute Gasteiger partial charge is 0.386 e.